The van der Waals surface area contributed by atoms with Crippen molar-refractivity contribution in [2.45, 2.75) is 6.42 Å². The highest BCUT2D eigenvalue weighted by molar-refractivity contribution is 7.46. The molecule has 7 nitrogen and oxygen atoms in total. The van der Waals surface area contributed by atoms with Gasteiger partial charge in [0.05, 0.1) is 6.61 Å². The van der Waals surface area contributed by atoms with E-state index in [4.69, 9.17) is 9.79 Å². The van der Waals surface area contributed by atoms with Crippen molar-refractivity contribution >= 4 is 13.7 Å². The van der Waals surface area contributed by atoms with Gasteiger partial charge in [0.1, 0.15) is 0 Å². The first kappa shape index (κ1) is 18.6. The number of hydrogen-bond donors (Lipinski definition) is 3. The molecule has 17 heavy (non-hydrogen) atoms. The van der Waals surface area contributed by atoms with Gasteiger partial charge in [-0.1, -0.05) is 6.58 Å². The second kappa shape index (κ2) is 10.4. The van der Waals surface area contributed by atoms with Gasteiger partial charge >= 0.3 is 7.82 Å². The number of phosphoric acid groups is 1. The van der Waals surface area contributed by atoms with Gasteiger partial charge in [-0.2, -0.15) is 0 Å². The molecule has 0 aromatic rings. The Morgan fingerprint density at radius 3 is 2.29 bits per heavy atom. The first-order valence-corrected chi connectivity index (χ1v) is 6.43. The fourth-order valence-electron chi connectivity index (χ4n) is 0.539. The van der Waals surface area contributed by atoms with Crippen molar-refractivity contribution in [2.75, 3.05) is 34.3 Å². The summed E-state index contributed by atoms with van der Waals surface area (Å²) >= 11 is 0. The average Bonchev–Trinajstić information content (AvgIpc) is 2.14. The minimum atomic E-state index is -4.37. The third kappa shape index (κ3) is 25.5. The number of nitrogens with one attached hydrogen (secondary N) is 1. The van der Waals surface area contributed by atoms with E-state index in [9.17, 15) is 9.36 Å². The summed E-state index contributed by atoms with van der Waals surface area (Å²) in [5.41, 5.74) is 0. The van der Waals surface area contributed by atoms with Crippen LogP contribution in [-0.2, 0) is 13.9 Å². The van der Waals surface area contributed by atoms with Crippen LogP contribution in [0.2, 0.25) is 0 Å². The highest BCUT2D eigenvalue weighted by Crippen LogP contribution is 2.35. The topological polar surface area (TPSA) is 99.1 Å². The Morgan fingerprint density at radius 2 is 1.94 bits per heavy atom. The Hall–Kier alpha value is -0.720. The molecule has 0 unspecified atom stereocenters. The maximum atomic E-state index is 10.5. The summed E-state index contributed by atoms with van der Waals surface area (Å²) in [5, 5.41) is 2.43. The van der Waals surface area contributed by atoms with Crippen molar-refractivity contribution < 1.29 is 23.7 Å². The zero-order chi connectivity index (χ0) is 13.9. The van der Waals surface area contributed by atoms with Crippen LogP contribution in [0.1, 0.15) is 6.42 Å². The summed E-state index contributed by atoms with van der Waals surface area (Å²) in [7, 11) is 1.63. The van der Waals surface area contributed by atoms with Crippen LogP contribution in [0.25, 0.3) is 0 Å². The van der Waals surface area contributed by atoms with Gasteiger partial charge in [0.25, 0.3) is 0 Å². The van der Waals surface area contributed by atoms with Crippen molar-refractivity contribution in [1.82, 2.24) is 10.2 Å². The van der Waals surface area contributed by atoms with E-state index in [1.165, 1.54) is 0 Å². The van der Waals surface area contributed by atoms with Crippen LogP contribution in [0.15, 0.2) is 12.7 Å². The van der Waals surface area contributed by atoms with Crippen molar-refractivity contribution in [1.29, 1.82) is 0 Å². The number of amides is 1. The van der Waals surface area contributed by atoms with E-state index in [1.54, 1.807) is 0 Å². The molecule has 1 amide bonds. The summed E-state index contributed by atoms with van der Waals surface area (Å²) in [6.45, 7) is 3.43. The molecule has 0 aromatic heterocycles. The third-order valence-corrected chi connectivity index (χ3v) is 1.58. The number of carbonyl (C=O) groups is 1. The second-order valence-electron chi connectivity index (χ2n) is 3.51. The summed E-state index contributed by atoms with van der Waals surface area (Å²) in [6, 6.07) is 0. The standard InChI is InChI=1S/C6H12NO5P.C3H9N/c1-2-6(8)7-4-3-5-12-13(9,10)11;1-4(2)3/h2H,1,3-5H2,(H,7,8)(H2,9,10,11);1-3H3. The molecule has 0 saturated carbocycles. The van der Waals surface area contributed by atoms with E-state index in [1.807, 2.05) is 26.0 Å². The Morgan fingerprint density at radius 1 is 1.47 bits per heavy atom. The molecular formula is C9H21N2O5P. The highest BCUT2D eigenvalue weighted by atomic mass is 31.2. The second-order valence-corrected chi connectivity index (χ2v) is 4.75. The maximum absolute atomic E-state index is 10.5. The van der Waals surface area contributed by atoms with Crippen LogP contribution < -0.4 is 5.32 Å². The number of carbonyl (C=O) groups excluding carboxylic acids is 1. The Kier molecular flexibility index (Phi) is 11.4. The van der Waals surface area contributed by atoms with Crippen molar-refractivity contribution in [2.24, 2.45) is 0 Å². The molecule has 0 rings (SSSR count). The number of rotatable bonds is 6. The van der Waals surface area contributed by atoms with Crippen LogP contribution in [0.3, 0.4) is 0 Å². The zero-order valence-corrected chi connectivity index (χ0v) is 11.3. The molecule has 0 bridgehead atoms. The molecule has 8 heteroatoms. The van der Waals surface area contributed by atoms with Gasteiger partial charge in [0.15, 0.2) is 0 Å². The summed E-state index contributed by atoms with van der Waals surface area (Å²) in [5.74, 6) is -0.323. The molecule has 0 atom stereocenters. The van der Waals surface area contributed by atoms with Crippen LogP contribution in [0, 0.1) is 0 Å². The van der Waals surface area contributed by atoms with Crippen LogP contribution in [0.4, 0.5) is 0 Å². The van der Waals surface area contributed by atoms with Gasteiger partial charge < -0.3 is 20.0 Å². The molecule has 0 heterocycles. The molecule has 0 fully saturated rings. The number of phosphoric ester groups is 1. The first-order chi connectivity index (χ1) is 7.69. The Balaban J connectivity index is 0. The summed E-state index contributed by atoms with van der Waals surface area (Å²) in [4.78, 5) is 29.1. The number of hydrogen-bond acceptors (Lipinski definition) is 4. The van der Waals surface area contributed by atoms with Gasteiger partial charge in [0.2, 0.25) is 5.91 Å². The third-order valence-electron chi connectivity index (χ3n) is 1.07. The molecule has 0 aromatic carbocycles. The maximum Gasteiger partial charge on any atom is 0.469 e. The first-order valence-electron chi connectivity index (χ1n) is 4.90. The Bertz CT molecular complexity index is 261. The van der Waals surface area contributed by atoms with Gasteiger partial charge in [-0.05, 0) is 33.6 Å². The lowest BCUT2D eigenvalue weighted by Gasteiger charge is -2.04. The Labute approximate surface area is 102 Å². The van der Waals surface area contributed by atoms with Gasteiger partial charge in [-0.3, -0.25) is 9.32 Å². The van der Waals surface area contributed by atoms with E-state index >= 15 is 0 Å². The minimum Gasteiger partial charge on any atom is -0.352 e. The van der Waals surface area contributed by atoms with Crippen molar-refractivity contribution in [3.05, 3.63) is 12.7 Å². The molecule has 0 radical (unpaired) electrons. The van der Waals surface area contributed by atoms with E-state index < -0.39 is 7.82 Å². The fraction of sp³-hybridized carbons (Fsp3) is 0.667. The molecule has 0 spiro atoms. The predicted molar refractivity (Wildman–Crippen MR) is 65.4 cm³/mol. The van der Waals surface area contributed by atoms with Crippen molar-refractivity contribution in [3.63, 3.8) is 0 Å². The average molecular weight is 268 g/mol. The summed E-state index contributed by atoms with van der Waals surface area (Å²) in [6.07, 6.45) is 1.45. The van der Waals surface area contributed by atoms with E-state index in [-0.39, 0.29) is 12.5 Å². The SMILES string of the molecule is C=CC(=O)NCCCOP(=O)(O)O.CN(C)C. The highest BCUT2D eigenvalue weighted by Gasteiger charge is 2.12. The minimum absolute atomic E-state index is 0.0955. The van der Waals surface area contributed by atoms with E-state index in [0.29, 0.717) is 13.0 Å². The van der Waals surface area contributed by atoms with Gasteiger partial charge in [-0.25, -0.2) is 4.57 Å². The monoisotopic (exact) mass is 268 g/mol. The molecular weight excluding hydrogens is 247 g/mol. The van der Waals surface area contributed by atoms with E-state index in [2.05, 4.69) is 16.4 Å². The largest absolute Gasteiger partial charge is 0.469 e. The predicted octanol–water partition coefficient (Wildman–Crippen LogP) is -0.0342. The van der Waals surface area contributed by atoms with Crippen LogP contribution >= 0.6 is 7.82 Å². The molecule has 3 N–H and O–H groups in total. The lowest BCUT2D eigenvalue weighted by Crippen LogP contribution is -2.22. The lowest BCUT2D eigenvalue weighted by molar-refractivity contribution is -0.116. The van der Waals surface area contributed by atoms with Crippen molar-refractivity contribution in [3.8, 4) is 0 Å². The molecule has 0 aliphatic carbocycles. The zero-order valence-electron chi connectivity index (χ0n) is 10.4. The quantitative estimate of drug-likeness (QED) is 0.355. The van der Waals surface area contributed by atoms with E-state index in [0.717, 1.165) is 6.08 Å². The molecule has 0 aliphatic rings. The molecule has 102 valence electrons. The summed E-state index contributed by atoms with van der Waals surface area (Å²) < 4.78 is 14.3. The normalized spacial score (nSPS) is 10.5. The van der Waals surface area contributed by atoms with Gasteiger partial charge in [0, 0.05) is 6.54 Å². The smallest absolute Gasteiger partial charge is 0.352 e. The molecule has 0 saturated heterocycles. The van der Waals surface area contributed by atoms with Gasteiger partial charge in [-0.15, -0.1) is 0 Å². The van der Waals surface area contributed by atoms with Crippen LogP contribution in [0.5, 0.6) is 0 Å². The molecule has 0 aliphatic heterocycles. The lowest BCUT2D eigenvalue weighted by atomic mass is 10.4. The fourth-order valence-corrected chi connectivity index (χ4v) is 0.906. The number of nitrogens with zero attached hydrogens (tertiary/aromatic N) is 1. The van der Waals surface area contributed by atoms with Crippen LogP contribution in [-0.4, -0.2) is 54.9 Å².